The molecule has 2 amide bonds. The fraction of sp³-hybridized carbons (Fsp3) is 0.667. The summed E-state index contributed by atoms with van der Waals surface area (Å²) in [7, 11) is 1.55. The monoisotopic (exact) mass is 158 g/mol. The molecule has 1 saturated heterocycles. The van der Waals surface area contributed by atoms with Crippen LogP contribution < -0.4 is 5.32 Å². The van der Waals surface area contributed by atoms with Crippen molar-refractivity contribution in [3.05, 3.63) is 0 Å². The van der Waals surface area contributed by atoms with Gasteiger partial charge in [-0.05, 0) is 0 Å². The molecule has 5 nitrogen and oxygen atoms in total. The Labute approximate surface area is 64.0 Å². The molecular weight excluding hydrogens is 148 g/mol. The van der Waals surface area contributed by atoms with Crippen molar-refractivity contribution in [2.75, 3.05) is 20.1 Å². The molecule has 0 spiro atoms. The molecule has 11 heavy (non-hydrogen) atoms. The highest BCUT2D eigenvalue weighted by Gasteiger charge is 2.34. The lowest BCUT2D eigenvalue weighted by molar-refractivity contribution is -0.128. The second-order valence-electron chi connectivity index (χ2n) is 2.50. The third-order valence-electron chi connectivity index (χ3n) is 1.77. The van der Waals surface area contributed by atoms with E-state index < -0.39 is 6.09 Å². The van der Waals surface area contributed by atoms with Gasteiger partial charge in [0.1, 0.15) is 0 Å². The summed E-state index contributed by atoms with van der Waals surface area (Å²) in [5.41, 5.74) is 0. The summed E-state index contributed by atoms with van der Waals surface area (Å²) in [4.78, 5) is 22.3. The zero-order valence-corrected chi connectivity index (χ0v) is 6.20. The van der Waals surface area contributed by atoms with E-state index in [1.165, 1.54) is 4.90 Å². The minimum Gasteiger partial charge on any atom is -0.465 e. The fourth-order valence-corrected chi connectivity index (χ4v) is 1.00. The minimum atomic E-state index is -0.954. The number of carbonyl (C=O) groups excluding carboxylic acids is 1. The van der Waals surface area contributed by atoms with Crippen molar-refractivity contribution in [1.82, 2.24) is 10.2 Å². The highest BCUT2D eigenvalue weighted by molar-refractivity contribution is 5.81. The number of nitrogens with zero attached hydrogens (tertiary/aromatic N) is 1. The minimum absolute atomic E-state index is 0.0810. The molecule has 1 fully saturated rings. The maximum absolute atomic E-state index is 10.8. The number of hydrogen-bond donors (Lipinski definition) is 2. The van der Waals surface area contributed by atoms with E-state index >= 15 is 0 Å². The molecule has 0 atom stereocenters. The number of amides is 2. The number of nitrogens with one attached hydrogen (secondary N) is 1. The second kappa shape index (κ2) is 2.77. The third-order valence-corrected chi connectivity index (χ3v) is 1.77. The number of carboxylic acid groups (broad SMARTS) is 1. The Kier molecular flexibility index (Phi) is 1.98. The van der Waals surface area contributed by atoms with Crippen LogP contribution in [0.5, 0.6) is 0 Å². The molecule has 0 aromatic rings. The molecular formula is C6H10N2O3. The lowest BCUT2D eigenvalue weighted by Crippen LogP contribution is -2.54. The molecule has 0 unspecified atom stereocenters. The maximum atomic E-state index is 10.8. The van der Waals surface area contributed by atoms with Gasteiger partial charge < -0.3 is 15.3 Å². The zero-order chi connectivity index (χ0) is 8.43. The van der Waals surface area contributed by atoms with E-state index in [2.05, 4.69) is 5.32 Å². The molecule has 1 aliphatic rings. The SMILES string of the molecule is CNC(=O)C1CN(C(=O)O)C1. The lowest BCUT2D eigenvalue weighted by atomic mass is 10.0. The highest BCUT2D eigenvalue weighted by Crippen LogP contribution is 2.14. The second-order valence-corrected chi connectivity index (χ2v) is 2.50. The first-order valence-electron chi connectivity index (χ1n) is 3.34. The fourth-order valence-electron chi connectivity index (χ4n) is 1.00. The predicted molar refractivity (Wildman–Crippen MR) is 37.2 cm³/mol. The summed E-state index contributed by atoms with van der Waals surface area (Å²) >= 11 is 0. The highest BCUT2D eigenvalue weighted by atomic mass is 16.4. The Balaban J connectivity index is 2.29. The molecule has 2 N–H and O–H groups in total. The van der Waals surface area contributed by atoms with Crippen LogP contribution in [0.3, 0.4) is 0 Å². The molecule has 0 radical (unpaired) electrons. The van der Waals surface area contributed by atoms with E-state index in [9.17, 15) is 9.59 Å². The van der Waals surface area contributed by atoms with E-state index in [0.717, 1.165) is 0 Å². The topological polar surface area (TPSA) is 69.6 Å². The van der Waals surface area contributed by atoms with Gasteiger partial charge in [0, 0.05) is 20.1 Å². The van der Waals surface area contributed by atoms with Gasteiger partial charge in [0.2, 0.25) is 5.91 Å². The number of carbonyl (C=O) groups is 2. The van der Waals surface area contributed by atoms with Gasteiger partial charge in [0.25, 0.3) is 0 Å². The van der Waals surface area contributed by atoms with Crippen LogP contribution in [-0.2, 0) is 4.79 Å². The largest absolute Gasteiger partial charge is 0.465 e. The number of hydrogen-bond acceptors (Lipinski definition) is 2. The van der Waals surface area contributed by atoms with Crippen molar-refractivity contribution in [3.63, 3.8) is 0 Å². The van der Waals surface area contributed by atoms with Gasteiger partial charge in [-0.25, -0.2) is 4.79 Å². The molecule has 0 aliphatic carbocycles. The van der Waals surface area contributed by atoms with Gasteiger partial charge in [-0.2, -0.15) is 0 Å². The molecule has 0 saturated carbocycles. The Morgan fingerprint density at radius 3 is 2.45 bits per heavy atom. The van der Waals surface area contributed by atoms with Gasteiger partial charge in [0.15, 0.2) is 0 Å². The van der Waals surface area contributed by atoms with Crippen LogP contribution in [0.15, 0.2) is 0 Å². The van der Waals surface area contributed by atoms with Gasteiger partial charge in [-0.1, -0.05) is 0 Å². The zero-order valence-electron chi connectivity index (χ0n) is 6.20. The molecule has 62 valence electrons. The first-order valence-corrected chi connectivity index (χ1v) is 3.34. The van der Waals surface area contributed by atoms with Crippen LogP contribution in [0.1, 0.15) is 0 Å². The quantitative estimate of drug-likeness (QED) is 0.532. The molecule has 1 rings (SSSR count). The van der Waals surface area contributed by atoms with Crippen molar-refractivity contribution in [3.8, 4) is 0 Å². The normalized spacial score (nSPS) is 17.4. The molecule has 0 aromatic carbocycles. The predicted octanol–water partition coefficient (Wildman–Crippen LogP) is -0.658. The summed E-state index contributed by atoms with van der Waals surface area (Å²) < 4.78 is 0. The van der Waals surface area contributed by atoms with Crippen molar-refractivity contribution in [1.29, 1.82) is 0 Å². The van der Waals surface area contributed by atoms with Gasteiger partial charge in [0.05, 0.1) is 5.92 Å². The lowest BCUT2D eigenvalue weighted by Gasteiger charge is -2.35. The molecule has 5 heteroatoms. The van der Waals surface area contributed by atoms with Crippen LogP contribution in [0.2, 0.25) is 0 Å². The number of rotatable bonds is 1. The van der Waals surface area contributed by atoms with E-state index in [0.29, 0.717) is 13.1 Å². The number of likely N-dealkylation sites (tertiary alicyclic amines) is 1. The van der Waals surface area contributed by atoms with Crippen molar-refractivity contribution in [2.45, 2.75) is 0 Å². The summed E-state index contributed by atoms with van der Waals surface area (Å²) in [5, 5.41) is 10.9. The van der Waals surface area contributed by atoms with Gasteiger partial charge in [-0.15, -0.1) is 0 Å². The standard InChI is InChI=1S/C6H10N2O3/c1-7-5(9)4-2-8(3-4)6(10)11/h4H,2-3H2,1H3,(H,7,9)(H,10,11). The average Bonchev–Trinajstić information content (AvgIpc) is 1.83. The van der Waals surface area contributed by atoms with Crippen LogP contribution in [0.25, 0.3) is 0 Å². The Morgan fingerprint density at radius 1 is 1.55 bits per heavy atom. The first-order chi connectivity index (χ1) is 5.15. The Bertz CT molecular complexity index is 186. The van der Waals surface area contributed by atoms with Gasteiger partial charge in [-0.3, -0.25) is 4.79 Å². The summed E-state index contributed by atoms with van der Waals surface area (Å²) in [6, 6.07) is 0. The smallest absolute Gasteiger partial charge is 0.407 e. The van der Waals surface area contributed by atoms with Crippen LogP contribution in [0, 0.1) is 5.92 Å². The van der Waals surface area contributed by atoms with Gasteiger partial charge >= 0.3 is 6.09 Å². The Morgan fingerprint density at radius 2 is 2.09 bits per heavy atom. The van der Waals surface area contributed by atoms with Crippen LogP contribution >= 0.6 is 0 Å². The molecule has 1 aliphatic heterocycles. The molecule has 0 aromatic heterocycles. The average molecular weight is 158 g/mol. The first kappa shape index (κ1) is 7.84. The third kappa shape index (κ3) is 1.42. The van der Waals surface area contributed by atoms with E-state index in [1.807, 2.05) is 0 Å². The molecule has 0 bridgehead atoms. The van der Waals surface area contributed by atoms with E-state index in [1.54, 1.807) is 7.05 Å². The maximum Gasteiger partial charge on any atom is 0.407 e. The Hall–Kier alpha value is -1.26. The van der Waals surface area contributed by atoms with Crippen molar-refractivity contribution >= 4 is 12.0 Å². The summed E-state index contributed by atoms with van der Waals surface area (Å²) in [5.74, 6) is -0.224. The summed E-state index contributed by atoms with van der Waals surface area (Å²) in [6.45, 7) is 0.657. The van der Waals surface area contributed by atoms with Crippen molar-refractivity contribution in [2.24, 2.45) is 5.92 Å². The molecule has 1 heterocycles. The van der Waals surface area contributed by atoms with Crippen LogP contribution in [-0.4, -0.2) is 42.1 Å². The van der Waals surface area contributed by atoms with Crippen molar-refractivity contribution < 1.29 is 14.7 Å². The van der Waals surface area contributed by atoms with E-state index in [4.69, 9.17) is 5.11 Å². The summed E-state index contributed by atoms with van der Waals surface area (Å²) in [6.07, 6.45) is -0.954. The van der Waals surface area contributed by atoms with Crippen LogP contribution in [0.4, 0.5) is 4.79 Å². The van der Waals surface area contributed by atoms with E-state index in [-0.39, 0.29) is 11.8 Å².